The van der Waals surface area contributed by atoms with Gasteiger partial charge in [-0.3, -0.25) is 19.5 Å². The molecule has 1 saturated heterocycles. The number of aliphatic imine (C=N–C) groups is 1. The van der Waals surface area contributed by atoms with Crippen molar-refractivity contribution < 1.29 is 9.59 Å². The van der Waals surface area contributed by atoms with Crippen LogP contribution in [-0.2, 0) is 9.59 Å². The Kier molecular flexibility index (Phi) is 4.89. The topological polar surface area (TPSA) is 53.0 Å². The minimum absolute atomic E-state index is 0.178. The monoisotopic (exact) mass is 441 g/mol. The van der Waals surface area contributed by atoms with E-state index in [1.165, 1.54) is 16.7 Å². The number of benzene rings is 2. The number of aryl methyl sites for hydroxylation is 1. The average molecular weight is 442 g/mol. The van der Waals surface area contributed by atoms with Crippen molar-refractivity contribution in [1.29, 1.82) is 0 Å². The van der Waals surface area contributed by atoms with Crippen molar-refractivity contribution in [1.82, 2.24) is 9.80 Å². The predicted molar refractivity (Wildman–Crippen MR) is 129 cm³/mol. The first-order chi connectivity index (χ1) is 16.0. The molecule has 2 heterocycles. The second-order valence-electron chi connectivity index (χ2n) is 10.4. The van der Waals surface area contributed by atoms with Gasteiger partial charge in [-0.1, -0.05) is 54.1 Å². The normalized spacial score (nSPS) is 22.1. The van der Waals surface area contributed by atoms with Crippen LogP contribution in [0.1, 0.15) is 49.7 Å². The second kappa shape index (κ2) is 7.82. The van der Waals surface area contributed by atoms with Gasteiger partial charge in [0.15, 0.2) is 0 Å². The summed E-state index contributed by atoms with van der Waals surface area (Å²) in [5.74, 6) is 2.07. The summed E-state index contributed by atoms with van der Waals surface area (Å²) in [6.45, 7) is 4.47. The zero-order chi connectivity index (χ0) is 22.6. The molecule has 2 saturated carbocycles. The van der Waals surface area contributed by atoms with E-state index in [1.54, 1.807) is 0 Å². The van der Waals surface area contributed by atoms with Gasteiger partial charge in [-0.2, -0.15) is 0 Å². The van der Waals surface area contributed by atoms with Gasteiger partial charge < -0.3 is 4.90 Å². The Labute approximate surface area is 195 Å². The van der Waals surface area contributed by atoms with Crippen LogP contribution in [0, 0.1) is 18.8 Å². The highest BCUT2D eigenvalue weighted by molar-refractivity contribution is 6.16. The molecule has 5 nitrogen and oxygen atoms in total. The number of likely N-dealkylation sites (tertiary alicyclic amines) is 1. The third-order valence-corrected chi connectivity index (χ3v) is 7.73. The molecule has 0 aromatic heterocycles. The fourth-order valence-corrected chi connectivity index (χ4v) is 5.31. The van der Waals surface area contributed by atoms with Crippen molar-refractivity contribution >= 4 is 17.6 Å². The molecule has 1 spiro atoms. The van der Waals surface area contributed by atoms with Crippen molar-refractivity contribution in [2.45, 2.75) is 51.0 Å². The summed E-state index contributed by atoms with van der Waals surface area (Å²) in [7, 11) is 0. The molecule has 0 N–H and O–H groups in total. The quantitative estimate of drug-likeness (QED) is 0.689. The Bertz CT molecular complexity index is 1120. The molecule has 2 aromatic rings. The van der Waals surface area contributed by atoms with Crippen molar-refractivity contribution in [3.63, 3.8) is 0 Å². The molecule has 5 heteroatoms. The summed E-state index contributed by atoms with van der Waals surface area (Å²) in [6.07, 6.45) is 5.78. The van der Waals surface area contributed by atoms with Gasteiger partial charge in [0, 0.05) is 31.1 Å². The smallest absolute Gasteiger partial charge is 0.256 e. The fraction of sp³-hybridized carbons (Fsp3) is 0.464. The minimum Gasteiger partial charge on any atom is -0.342 e. The van der Waals surface area contributed by atoms with E-state index in [0.717, 1.165) is 63.0 Å². The molecule has 33 heavy (non-hydrogen) atoms. The number of carbonyl (C=O) groups excluding carboxylic acids is 2. The molecule has 3 fully saturated rings. The lowest BCUT2D eigenvalue weighted by Gasteiger charge is -2.34. The van der Waals surface area contributed by atoms with Crippen molar-refractivity contribution in [3.05, 3.63) is 59.7 Å². The number of hydrogen-bond donors (Lipinski definition) is 0. The van der Waals surface area contributed by atoms with Crippen LogP contribution in [0.5, 0.6) is 0 Å². The number of amidine groups is 1. The first kappa shape index (κ1) is 20.6. The maximum Gasteiger partial charge on any atom is 0.256 e. The van der Waals surface area contributed by atoms with Gasteiger partial charge in [-0.25, -0.2) is 0 Å². The molecule has 170 valence electrons. The van der Waals surface area contributed by atoms with Crippen LogP contribution in [0.3, 0.4) is 0 Å². The van der Waals surface area contributed by atoms with Gasteiger partial charge in [0.1, 0.15) is 11.4 Å². The first-order valence-electron chi connectivity index (χ1n) is 12.4. The number of rotatable bonds is 5. The van der Waals surface area contributed by atoms with E-state index in [0.29, 0.717) is 18.4 Å². The lowest BCUT2D eigenvalue weighted by atomic mass is 9.95. The molecule has 4 aliphatic rings. The van der Waals surface area contributed by atoms with Crippen LogP contribution in [0.15, 0.2) is 53.5 Å². The zero-order valence-corrected chi connectivity index (χ0v) is 19.3. The zero-order valence-electron chi connectivity index (χ0n) is 19.3. The molecule has 2 amide bonds. The Hall–Kier alpha value is -2.95. The molecule has 0 bridgehead atoms. The van der Waals surface area contributed by atoms with Crippen LogP contribution in [0.2, 0.25) is 0 Å². The van der Waals surface area contributed by atoms with E-state index in [4.69, 9.17) is 4.99 Å². The molecular weight excluding hydrogens is 410 g/mol. The Morgan fingerprint density at radius 3 is 2.30 bits per heavy atom. The van der Waals surface area contributed by atoms with E-state index >= 15 is 0 Å². The highest BCUT2D eigenvalue weighted by Gasteiger charge is 2.57. The standard InChI is InChI=1S/C28H31N3O2/c1-19-3-2-4-24(17-19)21-5-7-22(8-6-21)25-29-28(13-14-28)27(33)31(25)18-20-11-15-30(16-12-20)26(32)23-9-10-23/h2-8,17,20,23H,9-16,18H2,1H3. The number of piperidine rings is 1. The fourth-order valence-electron chi connectivity index (χ4n) is 5.31. The van der Waals surface area contributed by atoms with Gasteiger partial charge >= 0.3 is 0 Å². The van der Waals surface area contributed by atoms with Gasteiger partial charge in [-0.05, 0) is 62.5 Å². The van der Waals surface area contributed by atoms with Gasteiger partial charge in [0.05, 0.1) is 0 Å². The number of carbonyl (C=O) groups is 2. The van der Waals surface area contributed by atoms with Gasteiger partial charge in [0.25, 0.3) is 5.91 Å². The van der Waals surface area contributed by atoms with Crippen LogP contribution in [0.4, 0.5) is 0 Å². The van der Waals surface area contributed by atoms with Crippen molar-refractivity contribution in [3.8, 4) is 11.1 Å². The third-order valence-electron chi connectivity index (χ3n) is 7.73. The highest BCUT2D eigenvalue weighted by Crippen LogP contribution is 2.46. The lowest BCUT2D eigenvalue weighted by molar-refractivity contribution is -0.134. The molecule has 0 radical (unpaired) electrons. The van der Waals surface area contributed by atoms with Crippen LogP contribution >= 0.6 is 0 Å². The average Bonchev–Trinajstić information content (AvgIpc) is 3.76. The minimum atomic E-state index is -0.493. The van der Waals surface area contributed by atoms with Crippen molar-refractivity contribution in [2.24, 2.45) is 16.8 Å². The molecule has 2 aromatic carbocycles. The first-order valence-corrected chi connectivity index (χ1v) is 12.4. The van der Waals surface area contributed by atoms with E-state index in [1.807, 2.05) is 9.80 Å². The molecule has 6 rings (SSSR count). The van der Waals surface area contributed by atoms with Gasteiger partial charge in [-0.15, -0.1) is 0 Å². The number of amides is 2. The Morgan fingerprint density at radius 1 is 0.970 bits per heavy atom. The van der Waals surface area contributed by atoms with Crippen molar-refractivity contribution in [2.75, 3.05) is 19.6 Å². The Morgan fingerprint density at radius 2 is 1.67 bits per heavy atom. The lowest BCUT2D eigenvalue weighted by Crippen LogP contribution is -2.45. The maximum absolute atomic E-state index is 13.3. The largest absolute Gasteiger partial charge is 0.342 e. The van der Waals surface area contributed by atoms with Crippen LogP contribution < -0.4 is 0 Å². The molecule has 2 aliphatic carbocycles. The predicted octanol–water partition coefficient (Wildman–Crippen LogP) is 4.43. The summed E-state index contributed by atoms with van der Waals surface area (Å²) in [4.78, 5) is 34.6. The maximum atomic E-state index is 13.3. The van der Waals surface area contributed by atoms with E-state index in [9.17, 15) is 9.59 Å². The molecule has 0 atom stereocenters. The summed E-state index contributed by atoms with van der Waals surface area (Å²) in [5.41, 5.74) is 4.15. The number of hydrogen-bond acceptors (Lipinski definition) is 3. The Balaban J connectivity index is 1.18. The van der Waals surface area contributed by atoms with E-state index in [2.05, 4.69) is 55.5 Å². The van der Waals surface area contributed by atoms with Crippen LogP contribution in [0.25, 0.3) is 11.1 Å². The SMILES string of the molecule is Cc1cccc(-c2ccc(C3=NC4(CC4)C(=O)N3CC3CCN(C(=O)C4CC4)CC3)cc2)c1. The summed E-state index contributed by atoms with van der Waals surface area (Å²) >= 11 is 0. The molecular formula is C28H31N3O2. The summed E-state index contributed by atoms with van der Waals surface area (Å²) in [5, 5.41) is 0. The second-order valence-corrected chi connectivity index (χ2v) is 10.4. The number of nitrogens with zero attached hydrogens (tertiary/aromatic N) is 3. The molecule has 2 aliphatic heterocycles. The van der Waals surface area contributed by atoms with Crippen LogP contribution in [-0.4, -0.2) is 52.6 Å². The summed E-state index contributed by atoms with van der Waals surface area (Å²) < 4.78 is 0. The summed E-state index contributed by atoms with van der Waals surface area (Å²) in [6, 6.07) is 17.0. The van der Waals surface area contributed by atoms with E-state index in [-0.39, 0.29) is 11.8 Å². The van der Waals surface area contributed by atoms with Gasteiger partial charge in [0.2, 0.25) is 5.91 Å². The highest BCUT2D eigenvalue weighted by atomic mass is 16.2. The third kappa shape index (κ3) is 3.88. The molecule has 0 unspecified atom stereocenters. The van der Waals surface area contributed by atoms with E-state index < -0.39 is 5.54 Å².